The number of benzene rings is 2. The Morgan fingerprint density at radius 1 is 0.867 bits per heavy atom. The van der Waals surface area contributed by atoms with Crippen LogP contribution in [0.4, 0.5) is 11.4 Å². The largest absolute Gasteiger partial charge is 0.459 e. The summed E-state index contributed by atoms with van der Waals surface area (Å²) in [5, 5.41) is 8.39. The minimum absolute atomic E-state index is 0.0297. The lowest BCUT2D eigenvalue weighted by molar-refractivity contribution is -0.116. The predicted molar refractivity (Wildman–Crippen MR) is 114 cm³/mol. The van der Waals surface area contributed by atoms with Crippen molar-refractivity contribution in [3.63, 3.8) is 0 Å². The number of hydrogen-bond acceptors (Lipinski definition) is 4. The SMILES string of the molecule is CCCC(=O)Nc1cccc(CNC(=O)c2ccc(NC(=O)c3ccco3)cc2)c1. The molecule has 7 nitrogen and oxygen atoms in total. The first kappa shape index (κ1) is 20.9. The van der Waals surface area contributed by atoms with Crippen LogP contribution in [-0.4, -0.2) is 17.7 Å². The van der Waals surface area contributed by atoms with Crippen molar-refractivity contribution in [3.8, 4) is 0 Å². The van der Waals surface area contributed by atoms with E-state index in [0.717, 1.165) is 12.0 Å². The number of furan rings is 1. The number of rotatable bonds is 8. The molecule has 30 heavy (non-hydrogen) atoms. The Bertz CT molecular complexity index is 1010. The zero-order chi connectivity index (χ0) is 21.3. The molecule has 154 valence electrons. The molecule has 7 heteroatoms. The fraction of sp³-hybridized carbons (Fsp3) is 0.174. The molecular weight excluding hydrogens is 382 g/mol. The van der Waals surface area contributed by atoms with Crippen LogP contribution in [0.1, 0.15) is 46.2 Å². The first-order valence-electron chi connectivity index (χ1n) is 9.67. The molecule has 1 heterocycles. The summed E-state index contributed by atoms with van der Waals surface area (Å²) in [6.45, 7) is 2.28. The van der Waals surface area contributed by atoms with Crippen molar-refractivity contribution in [1.29, 1.82) is 0 Å². The third kappa shape index (κ3) is 5.81. The molecule has 0 aliphatic carbocycles. The van der Waals surface area contributed by atoms with Crippen molar-refractivity contribution in [2.24, 2.45) is 0 Å². The zero-order valence-electron chi connectivity index (χ0n) is 16.6. The van der Waals surface area contributed by atoms with E-state index < -0.39 is 0 Å². The lowest BCUT2D eigenvalue weighted by Crippen LogP contribution is -2.23. The van der Waals surface area contributed by atoms with E-state index in [1.165, 1.54) is 6.26 Å². The highest BCUT2D eigenvalue weighted by Gasteiger charge is 2.10. The van der Waals surface area contributed by atoms with Gasteiger partial charge in [0.05, 0.1) is 6.26 Å². The van der Waals surface area contributed by atoms with Gasteiger partial charge in [-0.1, -0.05) is 19.1 Å². The van der Waals surface area contributed by atoms with Gasteiger partial charge in [0.25, 0.3) is 11.8 Å². The van der Waals surface area contributed by atoms with Gasteiger partial charge in [0.2, 0.25) is 5.91 Å². The minimum atomic E-state index is -0.358. The molecule has 3 rings (SSSR count). The number of carbonyl (C=O) groups excluding carboxylic acids is 3. The third-order valence-electron chi connectivity index (χ3n) is 4.29. The minimum Gasteiger partial charge on any atom is -0.459 e. The average molecular weight is 405 g/mol. The van der Waals surface area contributed by atoms with Crippen molar-refractivity contribution >= 4 is 29.1 Å². The maximum Gasteiger partial charge on any atom is 0.291 e. The molecule has 3 amide bonds. The molecule has 0 fully saturated rings. The molecule has 0 saturated heterocycles. The molecule has 3 aromatic rings. The van der Waals surface area contributed by atoms with E-state index >= 15 is 0 Å². The maximum absolute atomic E-state index is 12.4. The highest BCUT2D eigenvalue weighted by Crippen LogP contribution is 2.14. The van der Waals surface area contributed by atoms with Gasteiger partial charge >= 0.3 is 0 Å². The van der Waals surface area contributed by atoms with Crippen LogP contribution in [-0.2, 0) is 11.3 Å². The summed E-state index contributed by atoms with van der Waals surface area (Å²) in [7, 11) is 0. The van der Waals surface area contributed by atoms with E-state index in [1.807, 2.05) is 31.2 Å². The second kappa shape index (κ2) is 10.1. The van der Waals surface area contributed by atoms with Gasteiger partial charge in [-0.05, 0) is 60.5 Å². The van der Waals surface area contributed by atoms with E-state index in [1.54, 1.807) is 36.4 Å². The number of anilines is 2. The Hall–Kier alpha value is -3.87. The van der Waals surface area contributed by atoms with Crippen molar-refractivity contribution in [3.05, 3.63) is 83.8 Å². The second-order valence-corrected chi connectivity index (χ2v) is 6.69. The fourth-order valence-electron chi connectivity index (χ4n) is 2.80. The zero-order valence-corrected chi connectivity index (χ0v) is 16.6. The summed E-state index contributed by atoms with van der Waals surface area (Å²) in [5.41, 5.74) is 2.61. The Kier molecular flexibility index (Phi) is 7.00. The molecule has 0 atom stereocenters. The molecule has 0 aliphatic heterocycles. The van der Waals surface area contributed by atoms with Crippen molar-refractivity contribution < 1.29 is 18.8 Å². The Labute approximate surface area is 174 Å². The van der Waals surface area contributed by atoms with Crippen molar-refractivity contribution in [2.45, 2.75) is 26.3 Å². The van der Waals surface area contributed by atoms with Gasteiger partial charge in [-0.15, -0.1) is 0 Å². The number of nitrogens with one attached hydrogen (secondary N) is 3. The van der Waals surface area contributed by atoms with Gasteiger partial charge in [-0.25, -0.2) is 0 Å². The normalized spacial score (nSPS) is 10.3. The molecule has 0 radical (unpaired) electrons. The van der Waals surface area contributed by atoms with Gasteiger partial charge < -0.3 is 20.4 Å². The highest BCUT2D eigenvalue weighted by atomic mass is 16.3. The molecule has 0 unspecified atom stereocenters. The Morgan fingerprint density at radius 2 is 1.67 bits per heavy atom. The van der Waals surface area contributed by atoms with E-state index in [2.05, 4.69) is 16.0 Å². The first-order chi connectivity index (χ1) is 14.5. The van der Waals surface area contributed by atoms with Crippen LogP contribution in [0, 0.1) is 0 Å². The third-order valence-corrected chi connectivity index (χ3v) is 4.29. The second-order valence-electron chi connectivity index (χ2n) is 6.69. The summed E-state index contributed by atoms with van der Waals surface area (Å²) in [5.74, 6) is -0.412. The predicted octanol–water partition coefficient (Wildman–Crippen LogP) is 4.20. The molecule has 0 saturated carbocycles. The van der Waals surface area contributed by atoms with Crippen LogP contribution in [0.2, 0.25) is 0 Å². The van der Waals surface area contributed by atoms with E-state index in [9.17, 15) is 14.4 Å². The van der Waals surface area contributed by atoms with Gasteiger partial charge in [0, 0.05) is 29.9 Å². The van der Waals surface area contributed by atoms with E-state index in [4.69, 9.17) is 4.42 Å². The highest BCUT2D eigenvalue weighted by molar-refractivity contribution is 6.02. The first-order valence-corrected chi connectivity index (χ1v) is 9.67. The van der Waals surface area contributed by atoms with Crippen LogP contribution in [0.25, 0.3) is 0 Å². The average Bonchev–Trinajstić information content (AvgIpc) is 3.28. The van der Waals surface area contributed by atoms with E-state index in [-0.39, 0.29) is 23.5 Å². The van der Waals surface area contributed by atoms with Gasteiger partial charge in [-0.3, -0.25) is 14.4 Å². The van der Waals surface area contributed by atoms with Crippen LogP contribution in [0.5, 0.6) is 0 Å². The van der Waals surface area contributed by atoms with Crippen molar-refractivity contribution in [1.82, 2.24) is 5.32 Å². The van der Waals surface area contributed by atoms with Crippen LogP contribution < -0.4 is 16.0 Å². The van der Waals surface area contributed by atoms with Gasteiger partial charge in [0.15, 0.2) is 5.76 Å². The number of hydrogen-bond donors (Lipinski definition) is 3. The quantitative estimate of drug-likeness (QED) is 0.523. The Balaban J connectivity index is 1.53. The van der Waals surface area contributed by atoms with Crippen molar-refractivity contribution in [2.75, 3.05) is 10.6 Å². The Morgan fingerprint density at radius 3 is 2.37 bits per heavy atom. The lowest BCUT2D eigenvalue weighted by Gasteiger charge is -2.09. The fourth-order valence-corrected chi connectivity index (χ4v) is 2.80. The molecule has 2 aromatic carbocycles. The summed E-state index contributed by atoms with van der Waals surface area (Å²) in [6.07, 6.45) is 2.68. The number of carbonyl (C=O) groups is 3. The topological polar surface area (TPSA) is 100 Å². The summed E-state index contributed by atoms with van der Waals surface area (Å²) < 4.78 is 5.05. The summed E-state index contributed by atoms with van der Waals surface area (Å²) in [6, 6.07) is 17.1. The monoisotopic (exact) mass is 405 g/mol. The van der Waals surface area contributed by atoms with Crippen LogP contribution >= 0.6 is 0 Å². The van der Waals surface area contributed by atoms with Gasteiger partial charge in [0.1, 0.15) is 0 Å². The molecule has 0 spiro atoms. The lowest BCUT2D eigenvalue weighted by atomic mass is 10.1. The standard InChI is InChI=1S/C23H23N3O4/c1-2-5-21(27)25-19-7-3-6-16(14-19)15-24-22(28)17-9-11-18(12-10-17)26-23(29)20-8-4-13-30-20/h3-4,6-14H,2,5,15H2,1H3,(H,24,28)(H,25,27)(H,26,29). The molecule has 3 N–H and O–H groups in total. The van der Waals surface area contributed by atoms with Crippen LogP contribution in [0.3, 0.4) is 0 Å². The summed E-state index contributed by atoms with van der Waals surface area (Å²) in [4.78, 5) is 36.1. The smallest absolute Gasteiger partial charge is 0.291 e. The van der Waals surface area contributed by atoms with Crippen LogP contribution in [0.15, 0.2) is 71.3 Å². The number of amides is 3. The molecule has 0 bridgehead atoms. The van der Waals surface area contributed by atoms with Gasteiger partial charge in [-0.2, -0.15) is 0 Å². The molecular formula is C23H23N3O4. The van der Waals surface area contributed by atoms with E-state index in [0.29, 0.717) is 29.9 Å². The maximum atomic E-state index is 12.4. The molecule has 1 aromatic heterocycles. The summed E-state index contributed by atoms with van der Waals surface area (Å²) >= 11 is 0. The molecule has 0 aliphatic rings.